The molecule has 2 rings (SSSR count). The Hall–Kier alpha value is -2.50. The van der Waals surface area contributed by atoms with Crippen LogP contribution in [0.2, 0.25) is 1.41 Å². The van der Waals surface area contributed by atoms with Gasteiger partial charge in [-0.25, -0.2) is 4.79 Å². The second-order valence-corrected chi connectivity index (χ2v) is 4.69. The number of hydrogen-bond acceptors (Lipinski definition) is 4. The normalized spacial score (nSPS) is 15.6. The number of hydrogen-bond donors (Lipinski definition) is 3. The zero-order valence-electron chi connectivity index (χ0n) is 12.2. The van der Waals surface area contributed by atoms with E-state index in [0.717, 1.165) is 0 Å². The summed E-state index contributed by atoms with van der Waals surface area (Å²) in [5.74, 6) is -2.26. The van der Waals surface area contributed by atoms with Crippen molar-refractivity contribution in [1.29, 1.82) is 0 Å². The first kappa shape index (κ1) is 13.5. The van der Waals surface area contributed by atoms with E-state index in [9.17, 15) is 14.7 Å². The van der Waals surface area contributed by atoms with E-state index >= 15 is 0 Å². The molecule has 0 fully saturated rings. The van der Waals surface area contributed by atoms with Crippen LogP contribution in [0.3, 0.4) is 0 Å². The summed E-state index contributed by atoms with van der Waals surface area (Å²) >= 11 is 0. The Morgan fingerprint density at radius 1 is 1.05 bits per heavy atom. The maximum atomic E-state index is 12.8. The molecule has 0 saturated carbocycles. The molecule has 5 N–H and O–H groups in total. The highest BCUT2D eigenvalue weighted by Crippen LogP contribution is 2.26. The molecule has 21 heavy (non-hydrogen) atoms. The van der Waals surface area contributed by atoms with Crippen molar-refractivity contribution in [3.05, 3.63) is 71.8 Å². The fraction of sp³-hybridized carbons (Fsp3) is 0.125. The Labute approximate surface area is 123 Å². The number of carboxylic acid groups (broad SMARTS) is 1. The third-order valence-electron chi connectivity index (χ3n) is 3.35. The van der Waals surface area contributed by atoms with Gasteiger partial charge in [-0.3, -0.25) is 4.79 Å². The summed E-state index contributed by atoms with van der Waals surface area (Å²) in [5, 5.41) is 9.51. The molecule has 0 aliphatic rings. The highest BCUT2D eigenvalue weighted by atomic mass is 16.4. The standard InChI is InChI=1S/C16H16N2O3/c17-13(11-7-3-1-4-8-11)14(19)16(18,15(20)21)12-9-5-2-6-10-12/h1-10,13H,17-18H2,(H,20,21)/t13-,16?/m1/s1/i/hD. The number of carboxylic acids is 1. The van der Waals surface area contributed by atoms with E-state index in [-0.39, 0.29) is 5.56 Å². The number of Topliss-reactive ketones (excluding diaryl/α,β-unsaturated/α-hetero) is 1. The Morgan fingerprint density at radius 2 is 1.57 bits per heavy atom. The molecule has 0 aliphatic carbocycles. The molecule has 2 aromatic rings. The van der Waals surface area contributed by atoms with Gasteiger partial charge in [-0.15, -0.1) is 0 Å². The summed E-state index contributed by atoms with van der Waals surface area (Å²) in [5.41, 5.74) is 6.48. The monoisotopic (exact) mass is 285 g/mol. The third kappa shape index (κ3) is 2.69. The topological polar surface area (TPSA) is 106 Å². The van der Waals surface area contributed by atoms with Crippen molar-refractivity contribution in [2.75, 3.05) is 0 Å². The van der Waals surface area contributed by atoms with Gasteiger partial charge in [-0.1, -0.05) is 60.7 Å². The lowest BCUT2D eigenvalue weighted by Crippen LogP contribution is -2.55. The number of rotatable bonds is 6. The molecular weight excluding hydrogens is 268 g/mol. The van der Waals surface area contributed by atoms with E-state index < -0.39 is 23.3 Å². The van der Waals surface area contributed by atoms with Crippen molar-refractivity contribution in [2.45, 2.75) is 11.6 Å². The SMILES string of the molecule is [2H]N[C@@H](C(=O)C(N)(C(=O)O)c1ccccc1)c1ccccc1. The average molecular weight is 285 g/mol. The van der Waals surface area contributed by atoms with Crippen LogP contribution in [0.4, 0.5) is 0 Å². The van der Waals surface area contributed by atoms with Crippen LogP contribution in [-0.4, -0.2) is 16.9 Å². The van der Waals surface area contributed by atoms with E-state index in [1.807, 2.05) is 0 Å². The number of aliphatic carboxylic acids is 1. The zero-order valence-corrected chi connectivity index (χ0v) is 11.2. The first-order chi connectivity index (χ1) is 10.5. The zero-order chi connectivity index (χ0) is 16.2. The van der Waals surface area contributed by atoms with Gasteiger partial charge in [0.2, 0.25) is 5.54 Å². The fourth-order valence-electron chi connectivity index (χ4n) is 2.10. The average Bonchev–Trinajstić information content (AvgIpc) is 2.56. The van der Waals surface area contributed by atoms with E-state index in [1.54, 1.807) is 48.5 Å². The largest absolute Gasteiger partial charge is 0.479 e. The minimum absolute atomic E-state index is 0.170. The van der Waals surface area contributed by atoms with E-state index in [1.165, 1.54) is 12.1 Å². The summed E-state index contributed by atoms with van der Waals surface area (Å²) in [6.45, 7) is 0. The lowest BCUT2D eigenvalue weighted by Gasteiger charge is -2.26. The number of ketones is 1. The number of carbonyl (C=O) groups excluding carboxylic acids is 1. The van der Waals surface area contributed by atoms with E-state index in [2.05, 4.69) is 5.73 Å². The third-order valence-corrected chi connectivity index (χ3v) is 3.35. The summed E-state index contributed by atoms with van der Waals surface area (Å²) in [6, 6.07) is 15.2. The van der Waals surface area contributed by atoms with Crippen LogP contribution in [0.1, 0.15) is 17.2 Å². The molecule has 2 atom stereocenters. The van der Waals surface area contributed by atoms with Crippen LogP contribution in [-0.2, 0) is 15.1 Å². The summed E-state index contributed by atoms with van der Waals surface area (Å²) < 4.78 is 7.39. The van der Waals surface area contributed by atoms with Gasteiger partial charge < -0.3 is 16.6 Å². The molecule has 0 spiro atoms. The molecule has 0 heterocycles. The maximum absolute atomic E-state index is 12.8. The molecule has 0 radical (unpaired) electrons. The Bertz CT molecular complexity index is 664. The van der Waals surface area contributed by atoms with Gasteiger partial charge in [0.1, 0.15) is 1.41 Å². The Kier molecular flexibility index (Phi) is 3.77. The predicted molar refractivity (Wildman–Crippen MR) is 78.3 cm³/mol. The lowest BCUT2D eigenvalue weighted by molar-refractivity contribution is -0.149. The minimum atomic E-state index is -2.23. The lowest BCUT2D eigenvalue weighted by atomic mass is 9.82. The van der Waals surface area contributed by atoms with Gasteiger partial charge in [-0.05, 0) is 11.1 Å². The molecule has 0 saturated heterocycles. The fourth-order valence-corrected chi connectivity index (χ4v) is 2.10. The number of carbonyl (C=O) groups is 2. The Morgan fingerprint density at radius 3 is 2.05 bits per heavy atom. The van der Waals surface area contributed by atoms with Crippen LogP contribution in [0, 0.1) is 0 Å². The minimum Gasteiger partial charge on any atom is -0.479 e. The van der Waals surface area contributed by atoms with Crippen LogP contribution >= 0.6 is 0 Å². The second-order valence-electron chi connectivity index (χ2n) is 4.69. The molecule has 0 amide bonds. The van der Waals surface area contributed by atoms with Gasteiger partial charge in [-0.2, -0.15) is 0 Å². The molecule has 0 bridgehead atoms. The molecule has 0 aromatic heterocycles. The summed E-state index contributed by atoms with van der Waals surface area (Å²) in [4.78, 5) is 24.4. The van der Waals surface area contributed by atoms with Crippen molar-refractivity contribution in [3.8, 4) is 0 Å². The van der Waals surface area contributed by atoms with Gasteiger partial charge in [0.25, 0.3) is 0 Å². The quantitative estimate of drug-likeness (QED) is 0.691. The van der Waals surface area contributed by atoms with Crippen LogP contribution < -0.4 is 11.5 Å². The number of nitrogens with two attached hydrogens (primary N) is 2. The summed E-state index contributed by atoms with van der Waals surface area (Å²) in [6.07, 6.45) is 0. The molecule has 0 aliphatic heterocycles. The molecule has 108 valence electrons. The first-order valence-electron chi connectivity index (χ1n) is 6.86. The van der Waals surface area contributed by atoms with Crippen molar-refractivity contribution in [2.24, 2.45) is 11.5 Å². The highest BCUT2D eigenvalue weighted by Gasteiger charge is 2.46. The first-order valence-corrected chi connectivity index (χ1v) is 6.36. The molecular formula is C16H16N2O3. The van der Waals surface area contributed by atoms with Crippen LogP contribution in [0.15, 0.2) is 60.7 Å². The van der Waals surface area contributed by atoms with Crippen LogP contribution in [0.25, 0.3) is 0 Å². The van der Waals surface area contributed by atoms with Crippen molar-refractivity contribution < 1.29 is 16.1 Å². The highest BCUT2D eigenvalue weighted by molar-refractivity contribution is 6.10. The van der Waals surface area contributed by atoms with Gasteiger partial charge >= 0.3 is 5.97 Å². The summed E-state index contributed by atoms with van der Waals surface area (Å²) in [7, 11) is 0. The smallest absolute Gasteiger partial charge is 0.336 e. The molecule has 1 unspecified atom stereocenters. The van der Waals surface area contributed by atoms with Gasteiger partial charge in [0.05, 0.1) is 6.04 Å². The van der Waals surface area contributed by atoms with Crippen LogP contribution in [0.5, 0.6) is 0 Å². The van der Waals surface area contributed by atoms with Crippen molar-refractivity contribution >= 4 is 11.8 Å². The molecule has 5 nitrogen and oxygen atoms in total. The Balaban J connectivity index is 2.49. The number of benzene rings is 2. The van der Waals surface area contributed by atoms with Gasteiger partial charge in [0, 0.05) is 0 Å². The maximum Gasteiger partial charge on any atom is 0.336 e. The van der Waals surface area contributed by atoms with Crippen molar-refractivity contribution in [3.63, 3.8) is 0 Å². The van der Waals surface area contributed by atoms with Crippen molar-refractivity contribution in [1.82, 2.24) is 0 Å². The second kappa shape index (κ2) is 5.87. The van der Waals surface area contributed by atoms with E-state index in [4.69, 9.17) is 7.15 Å². The molecule has 5 heteroatoms. The predicted octanol–water partition coefficient (Wildman–Crippen LogP) is 1.19. The van der Waals surface area contributed by atoms with E-state index in [0.29, 0.717) is 5.56 Å². The molecule has 2 aromatic carbocycles. The van der Waals surface area contributed by atoms with Gasteiger partial charge in [0.15, 0.2) is 5.78 Å².